The summed E-state index contributed by atoms with van der Waals surface area (Å²) in [6.45, 7) is 4.21. The van der Waals surface area contributed by atoms with Gasteiger partial charge < -0.3 is 4.90 Å². The molecule has 2 aromatic heterocycles. The molecule has 0 aliphatic carbocycles. The highest BCUT2D eigenvalue weighted by molar-refractivity contribution is 8.00. The highest BCUT2D eigenvalue weighted by Crippen LogP contribution is 2.28. The molecule has 0 spiro atoms. The van der Waals surface area contributed by atoms with Crippen molar-refractivity contribution >= 4 is 44.3 Å². The van der Waals surface area contributed by atoms with Crippen molar-refractivity contribution in [2.75, 3.05) is 18.1 Å². The van der Waals surface area contributed by atoms with Gasteiger partial charge in [-0.2, -0.15) is 0 Å². The Morgan fingerprint density at radius 2 is 2.22 bits per heavy atom. The number of rotatable bonds is 5. The number of carbonyl (C=O) groups is 1. The molecule has 1 fully saturated rings. The van der Waals surface area contributed by atoms with E-state index in [4.69, 9.17) is 0 Å². The van der Waals surface area contributed by atoms with Crippen LogP contribution in [-0.4, -0.2) is 68.1 Å². The second-order valence-electron chi connectivity index (χ2n) is 6.71. The van der Waals surface area contributed by atoms with E-state index < -0.39 is 9.84 Å². The molecule has 8 nitrogen and oxygen atoms in total. The summed E-state index contributed by atoms with van der Waals surface area (Å²) in [5.74, 6) is 0.782. The van der Waals surface area contributed by atoms with Crippen molar-refractivity contribution in [2.24, 2.45) is 0 Å². The van der Waals surface area contributed by atoms with Crippen LogP contribution in [-0.2, 0) is 14.6 Å². The molecule has 0 saturated carbocycles. The number of imidazole rings is 1. The first-order chi connectivity index (χ1) is 12.9. The van der Waals surface area contributed by atoms with Gasteiger partial charge in [0.1, 0.15) is 0 Å². The normalized spacial score (nSPS) is 20.3. The Morgan fingerprint density at radius 1 is 1.44 bits per heavy atom. The average molecular weight is 408 g/mol. The number of thioether (sulfide) groups is 1. The molecule has 1 aliphatic heterocycles. The van der Waals surface area contributed by atoms with Gasteiger partial charge in [-0.3, -0.25) is 9.20 Å². The zero-order valence-corrected chi connectivity index (χ0v) is 16.8. The predicted molar refractivity (Wildman–Crippen MR) is 105 cm³/mol. The van der Waals surface area contributed by atoms with Gasteiger partial charge in [0, 0.05) is 12.6 Å². The molecule has 2 unspecified atom stereocenters. The van der Waals surface area contributed by atoms with Gasteiger partial charge in [0.05, 0.1) is 27.8 Å². The molecule has 1 saturated heterocycles. The molecule has 1 aromatic carbocycles. The minimum Gasteiger partial charge on any atom is -0.338 e. The maximum absolute atomic E-state index is 13.0. The van der Waals surface area contributed by atoms with Crippen molar-refractivity contribution in [1.82, 2.24) is 24.5 Å². The summed E-state index contributed by atoms with van der Waals surface area (Å²) in [6, 6.07) is 7.52. The molecule has 4 rings (SSSR count). The van der Waals surface area contributed by atoms with Crippen LogP contribution in [0.4, 0.5) is 0 Å². The largest absolute Gasteiger partial charge is 0.338 e. The number of fused-ring (bicyclic) bond motifs is 3. The Kier molecular flexibility index (Phi) is 4.63. The fourth-order valence-corrected chi connectivity index (χ4v) is 6.25. The molecule has 1 amide bonds. The first-order valence-electron chi connectivity index (χ1n) is 8.88. The van der Waals surface area contributed by atoms with Gasteiger partial charge in [0.2, 0.25) is 11.7 Å². The highest BCUT2D eigenvalue weighted by Gasteiger charge is 2.35. The van der Waals surface area contributed by atoms with Crippen LogP contribution < -0.4 is 0 Å². The van der Waals surface area contributed by atoms with Gasteiger partial charge in [0.15, 0.2) is 15.0 Å². The number of aromatic amines is 1. The van der Waals surface area contributed by atoms with Crippen molar-refractivity contribution in [1.29, 1.82) is 0 Å². The van der Waals surface area contributed by atoms with E-state index in [0.717, 1.165) is 11.0 Å². The van der Waals surface area contributed by atoms with E-state index in [1.807, 2.05) is 42.5 Å². The fourth-order valence-electron chi connectivity index (χ4n) is 3.58. The van der Waals surface area contributed by atoms with E-state index in [1.165, 1.54) is 11.8 Å². The summed E-state index contributed by atoms with van der Waals surface area (Å²) < 4.78 is 25.5. The van der Waals surface area contributed by atoms with Crippen LogP contribution in [0.5, 0.6) is 0 Å². The number of amides is 1. The number of carbonyl (C=O) groups excluding carboxylic acids is 1. The van der Waals surface area contributed by atoms with Crippen LogP contribution in [0.25, 0.3) is 16.8 Å². The van der Waals surface area contributed by atoms with E-state index in [-0.39, 0.29) is 28.7 Å². The van der Waals surface area contributed by atoms with Crippen molar-refractivity contribution in [3.8, 4) is 0 Å². The third kappa shape index (κ3) is 3.31. The van der Waals surface area contributed by atoms with Crippen molar-refractivity contribution < 1.29 is 13.2 Å². The number of aromatic nitrogens is 4. The quantitative estimate of drug-likeness (QED) is 0.647. The number of para-hydroxylation sites is 2. The van der Waals surface area contributed by atoms with Crippen molar-refractivity contribution in [3.63, 3.8) is 0 Å². The fraction of sp³-hybridized carbons (Fsp3) is 0.471. The monoisotopic (exact) mass is 407 g/mol. The summed E-state index contributed by atoms with van der Waals surface area (Å²) in [6.07, 6.45) is 0.512. The van der Waals surface area contributed by atoms with Crippen LogP contribution in [0.1, 0.15) is 20.3 Å². The Morgan fingerprint density at radius 3 is 2.93 bits per heavy atom. The van der Waals surface area contributed by atoms with E-state index in [9.17, 15) is 13.2 Å². The van der Waals surface area contributed by atoms with Crippen LogP contribution in [0.3, 0.4) is 0 Å². The smallest absolute Gasteiger partial charge is 0.236 e. The molecule has 144 valence electrons. The van der Waals surface area contributed by atoms with Gasteiger partial charge >= 0.3 is 0 Å². The van der Waals surface area contributed by atoms with E-state index >= 15 is 0 Å². The first-order valence-corrected chi connectivity index (χ1v) is 11.6. The maximum Gasteiger partial charge on any atom is 0.236 e. The number of sulfone groups is 1. The maximum atomic E-state index is 13.0. The van der Waals surface area contributed by atoms with Gasteiger partial charge in [-0.25, -0.2) is 18.5 Å². The zero-order chi connectivity index (χ0) is 19.2. The van der Waals surface area contributed by atoms with Crippen LogP contribution in [0.15, 0.2) is 29.4 Å². The Labute approximate surface area is 161 Å². The summed E-state index contributed by atoms with van der Waals surface area (Å²) in [5.41, 5.74) is 1.79. The molecule has 3 heterocycles. The Bertz CT molecular complexity index is 1100. The number of benzene rings is 1. The molecule has 1 aliphatic rings. The third-order valence-corrected chi connectivity index (χ3v) is 7.70. The summed E-state index contributed by atoms with van der Waals surface area (Å²) in [7, 11) is -3.04. The van der Waals surface area contributed by atoms with Gasteiger partial charge in [-0.1, -0.05) is 23.9 Å². The Hall–Kier alpha value is -2.07. The summed E-state index contributed by atoms with van der Waals surface area (Å²) in [4.78, 5) is 19.2. The lowest BCUT2D eigenvalue weighted by atomic mass is 10.2. The molecule has 1 N–H and O–H groups in total. The molecule has 27 heavy (non-hydrogen) atoms. The number of hydrogen-bond donors (Lipinski definition) is 1. The minimum absolute atomic E-state index is 0.0583. The predicted octanol–water partition coefficient (Wildman–Crippen LogP) is 1.73. The van der Waals surface area contributed by atoms with Crippen LogP contribution in [0, 0.1) is 0 Å². The first kappa shape index (κ1) is 18.3. The van der Waals surface area contributed by atoms with Gasteiger partial charge in [0.25, 0.3) is 0 Å². The molecule has 0 bridgehead atoms. The second-order valence-corrected chi connectivity index (χ2v) is 10.2. The number of nitrogens with zero attached hydrogens (tertiary/aromatic N) is 4. The summed E-state index contributed by atoms with van der Waals surface area (Å²) >= 11 is 1.35. The lowest BCUT2D eigenvalue weighted by molar-refractivity contribution is -0.131. The zero-order valence-electron chi connectivity index (χ0n) is 15.1. The molecule has 0 radical (unpaired) electrons. The van der Waals surface area contributed by atoms with Gasteiger partial charge in [-0.15, -0.1) is 5.10 Å². The molecule has 10 heteroatoms. The third-order valence-electron chi connectivity index (χ3n) is 4.91. The second kappa shape index (κ2) is 6.83. The standard InChI is InChI=1S/C17H21N5O3S2/c1-3-21(12-8-9-27(24,25)10-12)15(23)11(2)26-17-20-19-16-18-13-6-4-5-7-14(13)22(16)17/h4-7,11-12H,3,8-10H2,1-2H3,(H,18,19). The van der Waals surface area contributed by atoms with E-state index in [0.29, 0.717) is 23.9 Å². The molecular formula is C17H21N5O3S2. The number of H-pyrrole nitrogens is 1. The van der Waals surface area contributed by atoms with E-state index in [2.05, 4.69) is 15.2 Å². The molecule has 3 aromatic rings. The lowest BCUT2D eigenvalue weighted by Gasteiger charge is -2.29. The number of hydrogen-bond acceptors (Lipinski definition) is 6. The average Bonchev–Trinajstić information content (AvgIpc) is 3.29. The molecular weight excluding hydrogens is 386 g/mol. The van der Waals surface area contributed by atoms with E-state index in [1.54, 1.807) is 4.90 Å². The number of nitrogens with one attached hydrogen (secondary N) is 1. The van der Waals surface area contributed by atoms with Crippen molar-refractivity contribution in [2.45, 2.75) is 36.7 Å². The molecule has 2 atom stereocenters. The topological polar surface area (TPSA) is 100 Å². The van der Waals surface area contributed by atoms with Crippen LogP contribution in [0.2, 0.25) is 0 Å². The lowest BCUT2D eigenvalue weighted by Crippen LogP contribution is -2.44. The Balaban J connectivity index is 1.57. The summed E-state index contributed by atoms with van der Waals surface area (Å²) in [5, 5.41) is 7.49. The van der Waals surface area contributed by atoms with Crippen LogP contribution >= 0.6 is 11.8 Å². The van der Waals surface area contributed by atoms with Crippen molar-refractivity contribution in [3.05, 3.63) is 24.3 Å². The highest BCUT2D eigenvalue weighted by atomic mass is 32.2. The SMILES string of the molecule is CCN(C(=O)C(C)Sc1n[nH]c2nc3ccccc3n12)C1CCS(=O)(=O)C1. The van der Waals surface area contributed by atoms with Gasteiger partial charge in [-0.05, 0) is 32.4 Å². The minimum atomic E-state index is -3.04.